The van der Waals surface area contributed by atoms with Gasteiger partial charge in [0.15, 0.2) is 0 Å². The molecule has 0 bridgehead atoms. The van der Waals surface area contributed by atoms with Gasteiger partial charge in [-0.15, -0.1) is 0 Å². The van der Waals surface area contributed by atoms with E-state index in [2.05, 4.69) is 0 Å². The van der Waals surface area contributed by atoms with Gasteiger partial charge in [-0.25, -0.2) is 4.79 Å². The molecule has 1 aromatic rings. The number of carbonyl (C=O) groups is 2. The molecule has 1 amide bonds. The molecule has 0 spiro atoms. The fraction of sp³-hybridized carbons (Fsp3) is 0.529. The molecule has 1 heterocycles. The lowest BCUT2D eigenvalue weighted by molar-refractivity contribution is -0.162. The van der Waals surface area contributed by atoms with Crippen molar-refractivity contribution in [3.05, 3.63) is 35.4 Å². The highest BCUT2D eigenvalue weighted by atomic mass is 16.6. The highest BCUT2D eigenvalue weighted by Gasteiger charge is 2.38. The van der Waals surface area contributed by atoms with Crippen LogP contribution in [0.3, 0.4) is 0 Å². The van der Waals surface area contributed by atoms with Gasteiger partial charge in [-0.3, -0.25) is 4.79 Å². The Labute approximate surface area is 126 Å². The van der Waals surface area contributed by atoms with E-state index in [1.54, 1.807) is 4.90 Å². The van der Waals surface area contributed by atoms with Crippen LogP contribution in [-0.2, 0) is 20.9 Å². The van der Waals surface area contributed by atoms with Crippen molar-refractivity contribution < 1.29 is 14.3 Å². The van der Waals surface area contributed by atoms with Crippen LogP contribution in [0.5, 0.6) is 0 Å². The molecule has 0 radical (unpaired) electrons. The molecule has 1 atom stereocenters. The molecule has 0 saturated carbocycles. The topological polar surface area (TPSA) is 46.6 Å². The van der Waals surface area contributed by atoms with Crippen molar-refractivity contribution in [2.24, 2.45) is 0 Å². The van der Waals surface area contributed by atoms with Crippen molar-refractivity contribution in [3.63, 3.8) is 0 Å². The van der Waals surface area contributed by atoms with Gasteiger partial charge in [0, 0.05) is 13.0 Å². The van der Waals surface area contributed by atoms with Crippen molar-refractivity contribution in [2.45, 2.75) is 58.7 Å². The molecule has 1 saturated heterocycles. The average Bonchev–Trinajstić information content (AvgIpc) is 2.72. The first-order chi connectivity index (χ1) is 9.76. The Morgan fingerprint density at radius 2 is 1.90 bits per heavy atom. The zero-order chi connectivity index (χ0) is 15.6. The first-order valence-electron chi connectivity index (χ1n) is 7.34. The number of hydrogen-bond donors (Lipinski definition) is 0. The van der Waals surface area contributed by atoms with Gasteiger partial charge in [-0.1, -0.05) is 29.8 Å². The first kappa shape index (κ1) is 15.5. The third-order valence-corrected chi connectivity index (χ3v) is 3.48. The maximum Gasteiger partial charge on any atom is 0.329 e. The normalized spacial score (nSPS) is 19.0. The quantitative estimate of drug-likeness (QED) is 0.804. The number of rotatable bonds is 3. The number of benzene rings is 1. The van der Waals surface area contributed by atoms with E-state index < -0.39 is 11.6 Å². The minimum Gasteiger partial charge on any atom is -0.458 e. The van der Waals surface area contributed by atoms with Crippen molar-refractivity contribution in [3.8, 4) is 0 Å². The summed E-state index contributed by atoms with van der Waals surface area (Å²) < 4.78 is 5.42. The van der Waals surface area contributed by atoms with Crippen molar-refractivity contribution in [1.82, 2.24) is 4.90 Å². The Hall–Kier alpha value is -1.84. The Bertz CT molecular complexity index is 528. The molecule has 1 aliphatic rings. The number of carbonyl (C=O) groups excluding carboxylic acids is 2. The standard InChI is InChI=1S/C17H23NO3/c1-12-5-7-13(8-6-12)11-18-14(9-10-15(18)19)16(20)21-17(2,3)4/h5-8,14H,9-11H2,1-4H3/t14-/m0/s1. The van der Waals surface area contributed by atoms with Crippen LogP contribution in [0.4, 0.5) is 0 Å². The molecule has 1 fully saturated rings. The second-order valence-corrected chi connectivity index (χ2v) is 6.60. The van der Waals surface area contributed by atoms with Crippen LogP contribution < -0.4 is 0 Å². The third-order valence-electron chi connectivity index (χ3n) is 3.48. The van der Waals surface area contributed by atoms with E-state index in [1.165, 1.54) is 5.56 Å². The van der Waals surface area contributed by atoms with E-state index in [4.69, 9.17) is 4.74 Å². The summed E-state index contributed by atoms with van der Waals surface area (Å²) in [6.45, 7) is 8.00. The lowest BCUT2D eigenvalue weighted by Crippen LogP contribution is -2.41. The maximum absolute atomic E-state index is 12.2. The summed E-state index contributed by atoms with van der Waals surface area (Å²) in [5.74, 6) is -0.285. The van der Waals surface area contributed by atoms with Crippen LogP contribution >= 0.6 is 0 Å². The smallest absolute Gasteiger partial charge is 0.329 e. The summed E-state index contributed by atoms with van der Waals surface area (Å²) in [5, 5.41) is 0. The monoisotopic (exact) mass is 289 g/mol. The van der Waals surface area contributed by atoms with Crippen LogP contribution in [0.2, 0.25) is 0 Å². The van der Waals surface area contributed by atoms with Gasteiger partial charge in [0.1, 0.15) is 11.6 Å². The zero-order valence-electron chi connectivity index (χ0n) is 13.2. The summed E-state index contributed by atoms with van der Waals surface area (Å²) in [6.07, 6.45) is 0.954. The van der Waals surface area contributed by atoms with Gasteiger partial charge >= 0.3 is 5.97 Å². The van der Waals surface area contributed by atoms with Gasteiger partial charge in [0.05, 0.1) is 0 Å². The molecule has 0 aliphatic carbocycles. The minimum absolute atomic E-state index is 0.0198. The molecular weight excluding hydrogens is 266 g/mol. The van der Waals surface area contributed by atoms with Gasteiger partial charge in [-0.05, 0) is 39.7 Å². The van der Waals surface area contributed by atoms with Crippen molar-refractivity contribution in [1.29, 1.82) is 0 Å². The molecule has 2 rings (SSSR count). The maximum atomic E-state index is 12.2. The number of amides is 1. The summed E-state index contributed by atoms with van der Waals surface area (Å²) >= 11 is 0. The van der Waals surface area contributed by atoms with Crippen LogP contribution in [-0.4, -0.2) is 28.4 Å². The highest BCUT2D eigenvalue weighted by Crippen LogP contribution is 2.24. The second-order valence-electron chi connectivity index (χ2n) is 6.60. The molecule has 21 heavy (non-hydrogen) atoms. The summed E-state index contributed by atoms with van der Waals surface area (Å²) in [4.78, 5) is 25.9. The third kappa shape index (κ3) is 4.06. The van der Waals surface area contributed by atoms with Gasteiger partial charge in [0.2, 0.25) is 5.91 Å². The average molecular weight is 289 g/mol. The SMILES string of the molecule is Cc1ccc(CN2C(=O)CC[C@H]2C(=O)OC(C)(C)C)cc1. The number of nitrogens with zero attached hydrogens (tertiary/aromatic N) is 1. The fourth-order valence-corrected chi connectivity index (χ4v) is 2.44. The first-order valence-corrected chi connectivity index (χ1v) is 7.34. The number of esters is 1. The Morgan fingerprint density at radius 1 is 1.29 bits per heavy atom. The zero-order valence-corrected chi connectivity index (χ0v) is 13.2. The fourth-order valence-electron chi connectivity index (χ4n) is 2.44. The Morgan fingerprint density at radius 3 is 2.48 bits per heavy atom. The molecule has 4 nitrogen and oxygen atoms in total. The Kier molecular flexibility index (Phi) is 4.35. The number of likely N-dealkylation sites (tertiary alicyclic amines) is 1. The lowest BCUT2D eigenvalue weighted by atomic mass is 10.1. The number of ether oxygens (including phenoxy) is 1. The van der Waals surface area contributed by atoms with E-state index in [0.717, 1.165) is 5.56 Å². The van der Waals surface area contributed by atoms with E-state index in [-0.39, 0.29) is 11.9 Å². The molecule has 0 N–H and O–H groups in total. The van der Waals surface area contributed by atoms with E-state index in [9.17, 15) is 9.59 Å². The van der Waals surface area contributed by atoms with Crippen molar-refractivity contribution in [2.75, 3.05) is 0 Å². The van der Waals surface area contributed by atoms with Gasteiger partial charge in [-0.2, -0.15) is 0 Å². The van der Waals surface area contributed by atoms with Crippen molar-refractivity contribution >= 4 is 11.9 Å². The minimum atomic E-state index is -0.530. The van der Waals surface area contributed by atoms with Crippen LogP contribution in [0, 0.1) is 6.92 Å². The van der Waals surface area contributed by atoms with E-state index >= 15 is 0 Å². The largest absolute Gasteiger partial charge is 0.458 e. The molecule has 1 aliphatic heterocycles. The number of hydrogen-bond acceptors (Lipinski definition) is 3. The number of aryl methyl sites for hydroxylation is 1. The Balaban J connectivity index is 2.10. The molecule has 0 aromatic heterocycles. The highest BCUT2D eigenvalue weighted by molar-refractivity contribution is 5.88. The molecule has 0 unspecified atom stereocenters. The van der Waals surface area contributed by atoms with Crippen LogP contribution in [0.15, 0.2) is 24.3 Å². The molecule has 4 heteroatoms. The summed E-state index contributed by atoms with van der Waals surface area (Å²) in [5.41, 5.74) is 1.68. The van der Waals surface area contributed by atoms with E-state index in [0.29, 0.717) is 19.4 Å². The predicted molar refractivity (Wildman–Crippen MR) is 80.6 cm³/mol. The molecular formula is C17H23NO3. The van der Waals surface area contributed by atoms with Gasteiger partial charge < -0.3 is 9.64 Å². The molecule has 114 valence electrons. The predicted octanol–water partition coefficient (Wildman–Crippen LogP) is 2.83. The summed E-state index contributed by atoms with van der Waals surface area (Å²) in [6, 6.07) is 7.55. The molecule has 1 aromatic carbocycles. The van der Waals surface area contributed by atoms with Crippen LogP contribution in [0.1, 0.15) is 44.7 Å². The second kappa shape index (κ2) is 5.88. The summed E-state index contributed by atoms with van der Waals surface area (Å²) in [7, 11) is 0. The lowest BCUT2D eigenvalue weighted by Gasteiger charge is -2.27. The van der Waals surface area contributed by atoms with E-state index in [1.807, 2.05) is 52.0 Å². The van der Waals surface area contributed by atoms with Crippen LogP contribution in [0.25, 0.3) is 0 Å². The van der Waals surface area contributed by atoms with Gasteiger partial charge in [0.25, 0.3) is 0 Å².